The maximum Gasteiger partial charge on any atom is 0.408 e. The minimum absolute atomic E-state index is 0.362. The Kier molecular flexibility index (Phi) is 7.85. The predicted molar refractivity (Wildman–Crippen MR) is 143 cm³/mol. The molecule has 0 saturated carbocycles. The average Bonchev–Trinajstić information content (AvgIpc) is 3.25. The average molecular weight is 510 g/mol. The van der Waals surface area contributed by atoms with Gasteiger partial charge in [0, 0.05) is 17.9 Å². The standard InChI is InChI=1S/C30H39NO6/c1-28(2,3)37-27(32)31-30(19-34-29(4,5)35-20-30)16-15-22-9-7-21(8-10-22)11-13-25-17-23-12-14-24(33-6)18-26(23)36-25/h7-10,12,14,17-18H,11,13,15-16,19-20H2,1-6H3,(H,31,32). The minimum Gasteiger partial charge on any atom is -0.497 e. The smallest absolute Gasteiger partial charge is 0.408 e. The van der Waals surface area contributed by atoms with Gasteiger partial charge in [0.05, 0.1) is 25.9 Å². The Morgan fingerprint density at radius 3 is 2.22 bits per heavy atom. The van der Waals surface area contributed by atoms with Crippen LogP contribution < -0.4 is 10.1 Å². The van der Waals surface area contributed by atoms with Crippen LogP contribution in [0.1, 0.15) is 57.9 Å². The summed E-state index contributed by atoms with van der Waals surface area (Å²) < 4.78 is 28.6. The fourth-order valence-corrected chi connectivity index (χ4v) is 4.35. The van der Waals surface area contributed by atoms with E-state index in [0.29, 0.717) is 19.6 Å². The third-order valence-electron chi connectivity index (χ3n) is 6.51. The molecule has 2 heterocycles. The van der Waals surface area contributed by atoms with Gasteiger partial charge < -0.3 is 28.7 Å². The van der Waals surface area contributed by atoms with E-state index in [4.69, 9.17) is 23.4 Å². The lowest BCUT2D eigenvalue weighted by Gasteiger charge is -2.44. The molecule has 0 atom stereocenters. The first-order valence-electron chi connectivity index (χ1n) is 12.9. The van der Waals surface area contributed by atoms with Crippen molar-refractivity contribution in [1.29, 1.82) is 0 Å². The highest BCUT2D eigenvalue weighted by Gasteiger charge is 2.41. The van der Waals surface area contributed by atoms with Gasteiger partial charge in [0.1, 0.15) is 22.7 Å². The number of furan rings is 1. The lowest BCUT2D eigenvalue weighted by atomic mass is 9.91. The molecule has 1 saturated heterocycles. The molecular weight excluding hydrogens is 470 g/mol. The number of alkyl carbamates (subject to hydrolysis) is 1. The molecule has 37 heavy (non-hydrogen) atoms. The van der Waals surface area contributed by atoms with E-state index in [1.807, 2.05) is 52.8 Å². The number of methoxy groups -OCH3 is 1. The van der Waals surface area contributed by atoms with Crippen LogP contribution in [0.4, 0.5) is 4.79 Å². The van der Waals surface area contributed by atoms with Gasteiger partial charge in [-0.05, 0) is 83.2 Å². The number of hydrogen-bond donors (Lipinski definition) is 1. The number of nitrogens with one attached hydrogen (secondary N) is 1. The largest absolute Gasteiger partial charge is 0.497 e. The summed E-state index contributed by atoms with van der Waals surface area (Å²) in [5.41, 5.74) is 2.05. The highest BCUT2D eigenvalue weighted by atomic mass is 16.7. The molecule has 1 fully saturated rings. The Hall–Kier alpha value is -3.03. The molecule has 1 amide bonds. The molecule has 0 unspecified atom stereocenters. The van der Waals surface area contributed by atoms with E-state index in [9.17, 15) is 4.79 Å². The number of benzene rings is 2. The van der Waals surface area contributed by atoms with Gasteiger partial charge in [0.15, 0.2) is 5.79 Å². The molecule has 0 aliphatic carbocycles. The third-order valence-corrected chi connectivity index (χ3v) is 6.51. The molecule has 200 valence electrons. The SMILES string of the molecule is COc1ccc2cc(CCc3ccc(CCC4(NC(=O)OC(C)(C)C)COC(C)(C)OC4)cc3)oc2c1. The van der Waals surface area contributed by atoms with Crippen molar-refractivity contribution in [3.8, 4) is 5.75 Å². The van der Waals surface area contributed by atoms with Crippen molar-refractivity contribution in [1.82, 2.24) is 5.32 Å². The molecule has 4 rings (SSSR count). The van der Waals surface area contributed by atoms with E-state index in [1.165, 1.54) is 11.1 Å². The lowest BCUT2D eigenvalue weighted by molar-refractivity contribution is -0.271. The van der Waals surface area contributed by atoms with E-state index < -0.39 is 23.0 Å². The lowest BCUT2D eigenvalue weighted by Crippen LogP contribution is -2.61. The van der Waals surface area contributed by atoms with Crippen molar-refractivity contribution in [2.75, 3.05) is 20.3 Å². The number of aryl methyl sites for hydroxylation is 3. The summed E-state index contributed by atoms with van der Waals surface area (Å²) >= 11 is 0. The fourth-order valence-electron chi connectivity index (χ4n) is 4.35. The molecule has 1 N–H and O–H groups in total. The highest BCUT2D eigenvalue weighted by molar-refractivity contribution is 5.79. The van der Waals surface area contributed by atoms with Crippen LogP contribution in [0.2, 0.25) is 0 Å². The fraction of sp³-hybridized carbons (Fsp3) is 0.500. The van der Waals surface area contributed by atoms with Gasteiger partial charge in [0.25, 0.3) is 0 Å². The van der Waals surface area contributed by atoms with E-state index in [1.54, 1.807) is 7.11 Å². The number of fused-ring (bicyclic) bond motifs is 1. The Morgan fingerprint density at radius 2 is 1.59 bits per heavy atom. The Morgan fingerprint density at radius 1 is 0.946 bits per heavy atom. The molecule has 0 spiro atoms. The van der Waals surface area contributed by atoms with Crippen molar-refractivity contribution >= 4 is 17.1 Å². The third kappa shape index (κ3) is 7.49. The zero-order valence-electron chi connectivity index (χ0n) is 22.8. The minimum atomic E-state index is -0.674. The summed E-state index contributed by atoms with van der Waals surface area (Å²) in [6, 6.07) is 16.6. The van der Waals surface area contributed by atoms with Crippen LogP contribution >= 0.6 is 0 Å². The van der Waals surface area contributed by atoms with Gasteiger partial charge in [0.2, 0.25) is 0 Å². The first kappa shape index (κ1) is 27.0. The normalized spacial score (nSPS) is 16.9. The van der Waals surface area contributed by atoms with Crippen LogP contribution in [-0.4, -0.2) is 43.3 Å². The van der Waals surface area contributed by atoms with Crippen molar-refractivity contribution < 1.29 is 28.2 Å². The Labute approximate surface area is 219 Å². The molecule has 1 aromatic heterocycles. The maximum atomic E-state index is 12.6. The molecule has 3 aromatic rings. The van der Waals surface area contributed by atoms with Crippen molar-refractivity contribution in [3.05, 3.63) is 65.4 Å². The number of carbonyl (C=O) groups excluding carboxylic acids is 1. The topological polar surface area (TPSA) is 79.2 Å². The van der Waals surface area contributed by atoms with Gasteiger partial charge in [-0.3, -0.25) is 0 Å². The first-order valence-corrected chi connectivity index (χ1v) is 12.9. The number of amides is 1. The summed E-state index contributed by atoms with van der Waals surface area (Å²) in [5.74, 6) is 1.08. The highest BCUT2D eigenvalue weighted by Crippen LogP contribution is 2.28. The van der Waals surface area contributed by atoms with Gasteiger partial charge >= 0.3 is 6.09 Å². The van der Waals surface area contributed by atoms with Crippen LogP contribution in [0.15, 0.2) is 52.9 Å². The number of hydrogen-bond acceptors (Lipinski definition) is 6. The molecular formula is C30H39NO6. The van der Waals surface area contributed by atoms with Gasteiger partial charge in [-0.15, -0.1) is 0 Å². The Bertz CT molecular complexity index is 1200. The number of carbonyl (C=O) groups is 1. The first-order chi connectivity index (χ1) is 17.4. The van der Waals surface area contributed by atoms with E-state index in [0.717, 1.165) is 41.7 Å². The molecule has 0 bridgehead atoms. The zero-order valence-corrected chi connectivity index (χ0v) is 22.8. The van der Waals surface area contributed by atoms with Crippen molar-refractivity contribution in [2.45, 2.75) is 77.2 Å². The summed E-state index contributed by atoms with van der Waals surface area (Å²) in [6.45, 7) is 10.0. The second-order valence-electron chi connectivity index (χ2n) is 11.3. The van der Waals surface area contributed by atoms with E-state index >= 15 is 0 Å². The molecule has 1 aliphatic heterocycles. The number of ether oxygens (including phenoxy) is 4. The van der Waals surface area contributed by atoms with Crippen LogP contribution in [0.5, 0.6) is 5.75 Å². The van der Waals surface area contributed by atoms with Gasteiger partial charge in [-0.25, -0.2) is 4.79 Å². The van der Waals surface area contributed by atoms with Crippen molar-refractivity contribution in [2.24, 2.45) is 0 Å². The van der Waals surface area contributed by atoms with Gasteiger partial charge in [-0.1, -0.05) is 24.3 Å². The summed E-state index contributed by atoms with van der Waals surface area (Å²) in [5, 5.41) is 4.12. The summed E-state index contributed by atoms with van der Waals surface area (Å²) in [6.07, 6.45) is 2.69. The van der Waals surface area contributed by atoms with Crippen LogP contribution in [0.3, 0.4) is 0 Å². The van der Waals surface area contributed by atoms with Crippen molar-refractivity contribution in [3.63, 3.8) is 0 Å². The predicted octanol–water partition coefficient (Wildman–Crippen LogP) is 6.21. The monoisotopic (exact) mass is 509 g/mol. The van der Waals surface area contributed by atoms with E-state index in [-0.39, 0.29) is 0 Å². The molecule has 7 nitrogen and oxygen atoms in total. The maximum absolute atomic E-state index is 12.6. The molecule has 0 radical (unpaired) electrons. The molecule has 2 aromatic carbocycles. The van der Waals surface area contributed by atoms with Crippen LogP contribution in [0, 0.1) is 0 Å². The quantitative estimate of drug-likeness (QED) is 0.389. The zero-order chi connectivity index (χ0) is 26.7. The second kappa shape index (κ2) is 10.8. The Balaban J connectivity index is 1.35. The summed E-state index contributed by atoms with van der Waals surface area (Å²) in [7, 11) is 1.66. The molecule has 1 aliphatic rings. The number of rotatable bonds is 8. The second-order valence-corrected chi connectivity index (χ2v) is 11.3. The van der Waals surface area contributed by atoms with Crippen LogP contribution in [0.25, 0.3) is 11.0 Å². The van der Waals surface area contributed by atoms with Crippen LogP contribution in [-0.2, 0) is 33.5 Å². The summed E-state index contributed by atoms with van der Waals surface area (Å²) in [4.78, 5) is 12.6. The van der Waals surface area contributed by atoms with E-state index in [2.05, 4.69) is 35.6 Å². The molecule has 7 heteroatoms. The van der Waals surface area contributed by atoms with Gasteiger partial charge in [-0.2, -0.15) is 0 Å².